The molecule has 3 fully saturated rings. The maximum Gasteiger partial charge on any atom is 0.233 e. The van der Waals surface area contributed by atoms with Gasteiger partial charge in [0, 0.05) is 31.3 Å². The SMILES string of the molecule is CC(=O)Nc1ccc(NC(=O)CCCCCN2C(=O)C3C4C=CC(C5CC45)C3C2=O)cc1. The second-order valence-corrected chi connectivity index (χ2v) is 9.60. The molecule has 7 nitrogen and oxygen atoms in total. The average molecular weight is 436 g/mol. The van der Waals surface area contributed by atoms with Crippen molar-refractivity contribution in [3.63, 3.8) is 0 Å². The molecule has 0 spiro atoms. The van der Waals surface area contributed by atoms with Gasteiger partial charge in [0.25, 0.3) is 0 Å². The van der Waals surface area contributed by atoms with E-state index in [1.165, 1.54) is 18.2 Å². The molecule has 2 saturated carbocycles. The van der Waals surface area contributed by atoms with E-state index in [1.54, 1.807) is 24.3 Å². The molecule has 0 radical (unpaired) electrons. The summed E-state index contributed by atoms with van der Waals surface area (Å²) in [6.07, 6.45) is 8.18. The van der Waals surface area contributed by atoms with E-state index in [9.17, 15) is 19.2 Å². The quantitative estimate of drug-likeness (QED) is 0.372. The van der Waals surface area contributed by atoms with Gasteiger partial charge in [-0.15, -0.1) is 0 Å². The van der Waals surface area contributed by atoms with E-state index in [2.05, 4.69) is 22.8 Å². The number of likely N-dealkylation sites (tertiary alicyclic amines) is 1. The van der Waals surface area contributed by atoms with Gasteiger partial charge in [-0.1, -0.05) is 18.6 Å². The fourth-order valence-electron chi connectivity index (χ4n) is 6.03. The molecule has 1 aromatic rings. The fraction of sp³-hybridized carbons (Fsp3) is 0.520. The second-order valence-electron chi connectivity index (χ2n) is 9.60. The molecule has 0 aromatic heterocycles. The predicted octanol–water partition coefficient (Wildman–Crippen LogP) is 3.20. The summed E-state index contributed by atoms with van der Waals surface area (Å²) in [5.41, 5.74) is 1.36. The molecule has 5 aliphatic rings. The molecule has 7 heteroatoms. The van der Waals surface area contributed by atoms with Crippen LogP contribution in [-0.2, 0) is 19.2 Å². The third-order valence-electron chi connectivity index (χ3n) is 7.53. The van der Waals surface area contributed by atoms with Gasteiger partial charge in [0.05, 0.1) is 11.8 Å². The lowest BCUT2D eigenvalue weighted by Gasteiger charge is -2.37. The van der Waals surface area contributed by atoms with Gasteiger partial charge >= 0.3 is 0 Å². The Bertz CT molecular complexity index is 949. The molecule has 1 saturated heterocycles. The Kier molecular flexibility index (Phi) is 5.35. The van der Waals surface area contributed by atoms with Gasteiger partial charge < -0.3 is 10.6 Å². The van der Waals surface area contributed by atoms with Crippen molar-refractivity contribution >= 4 is 35.0 Å². The Morgan fingerprint density at radius 2 is 1.44 bits per heavy atom. The molecular weight excluding hydrogens is 406 g/mol. The van der Waals surface area contributed by atoms with Crippen LogP contribution in [0, 0.1) is 35.5 Å². The summed E-state index contributed by atoms with van der Waals surface area (Å²) in [5, 5.41) is 5.53. The zero-order valence-corrected chi connectivity index (χ0v) is 18.3. The Morgan fingerprint density at radius 1 is 0.875 bits per heavy atom. The number of anilines is 2. The Balaban J connectivity index is 1.04. The number of imide groups is 1. The molecule has 2 bridgehead atoms. The monoisotopic (exact) mass is 435 g/mol. The van der Waals surface area contributed by atoms with Crippen LogP contribution in [0.3, 0.4) is 0 Å². The fourth-order valence-corrected chi connectivity index (χ4v) is 6.03. The number of nitrogens with zero attached hydrogens (tertiary/aromatic N) is 1. The summed E-state index contributed by atoms with van der Waals surface area (Å²) in [4.78, 5) is 50.6. The van der Waals surface area contributed by atoms with E-state index in [4.69, 9.17) is 0 Å². The third kappa shape index (κ3) is 3.74. The molecule has 1 aromatic carbocycles. The highest BCUT2D eigenvalue weighted by Crippen LogP contribution is 2.65. The van der Waals surface area contributed by atoms with E-state index in [0.717, 1.165) is 12.8 Å². The summed E-state index contributed by atoms with van der Waals surface area (Å²) in [5.74, 6) is 1.41. The number of hydrogen-bond acceptors (Lipinski definition) is 4. The first-order chi connectivity index (χ1) is 15.4. The molecule has 4 aliphatic carbocycles. The minimum atomic E-state index is -0.140. The first-order valence-corrected chi connectivity index (χ1v) is 11.6. The zero-order chi connectivity index (χ0) is 22.4. The number of allylic oxidation sites excluding steroid dienone is 2. The summed E-state index contributed by atoms with van der Waals surface area (Å²) < 4.78 is 0. The van der Waals surface area contributed by atoms with Crippen molar-refractivity contribution in [1.82, 2.24) is 4.90 Å². The highest BCUT2D eigenvalue weighted by Gasteiger charge is 2.66. The molecule has 6 unspecified atom stereocenters. The maximum atomic E-state index is 12.9. The molecule has 1 heterocycles. The Labute approximate surface area is 187 Å². The predicted molar refractivity (Wildman–Crippen MR) is 119 cm³/mol. The summed E-state index contributed by atoms with van der Waals surface area (Å²) >= 11 is 0. The van der Waals surface area contributed by atoms with Gasteiger partial charge in [-0.2, -0.15) is 0 Å². The van der Waals surface area contributed by atoms with E-state index in [0.29, 0.717) is 42.6 Å². The van der Waals surface area contributed by atoms with Crippen molar-refractivity contribution < 1.29 is 19.2 Å². The smallest absolute Gasteiger partial charge is 0.233 e. The number of carbonyl (C=O) groups excluding carboxylic acids is 4. The molecule has 6 rings (SSSR count). The van der Waals surface area contributed by atoms with Gasteiger partial charge in [-0.3, -0.25) is 24.1 Å². The van der Waals surface area contributed by atoms with Crippen molar-refractivity contribution in [3.8, 4) is 0 Å². The van der Waals surface area contributed by atoms with E-state index >= 15 is 0 Å². The van der Waals surface area contributed by atoms with Crippen LogP contribution in [0.5, 0.6) is 0 Å². The zero-order valence-electron chi connectivity index (χ0n) is 18.3. The van der Waals surface area contributed by atoms with Crippen LogP contribution < -0.4 is 10.6 Å². The molecular formula is C25H29N3O4. The first-order valence-electron chi connectivity index (χ1n) is 11.6. The normalized spacial score (nSPS) is 31.3. The van der Waals surface area contributed by atoms with Gasteiger partial charge in [-0.25, -0.2) is 0 Å². The maximum absolute atomic E-state index is 12.9. The molecule has 4 amide bonds. The Hall–Kier alpha value is -2.96. The lowest BCUT2D eigenvalue weighted by Crippen LogP contribution is -2.40. The topological polar surface area (TPSA) is 95.6 Å². The number of carbonyl (C=O) groups is 4. The minimum Gasteiger partial charge on any atom is -0.326 e. The van der Waals surface area contributed by atoms with Crippen LogP contribution in [0.2, 0.25) is 0 Å². The third-order valence-corrected chi connectivity index (χ3v) is 7.53. The van der Waals surface area contributed by atoms with Crippen LogP contribution in [0.4, 0.5) is 11.4 Å². The number of hydrogen-bond donors (Lipinski definition) is 2. The lowest BCUT2D eigenvalue weighted by molar-refractivity contribution is -0.140. The van der Waals surface area contributed by atoms with Crippen LogP contribution in [0.15, 0.2) is 36.4 Å². The first kappa shape index (κ1) is 20.9. The van der Waals surface area contributed by atoms with Gasteiger partial charge in [0.1, 0.15) is 0 Å². The average Bonchev–Trinajstić information content (AvgIpc) is 3.54. The number of benzene rings is 1. The van der Waals surface area contributed by atoms with Crippen molar-refractivity contribution in [2.45, 2.75) is 39.0 Å². The molecule has 2 N–H and O–H groups in total. The number of unbranched alkanes of at least 4 members (excludes halogenated alkanes) is 2. The van der Waals surface area contributed by atoms with E-state index in [1.807, 2.05) is 0 Å². The van der Waals surface area contributed by atoms with E-state index < -0.39 is 0 Å². The van der Waals surface area contributed by atoms with Gasteiger partial charge in [-0.05, 0) is 67.2 Å². The van der Waals surface area contributed by atoms with Gasteiger partial charge in [0.15, 0.2) is 0 Å². The van der Waals surface area contributed by atoms with Crippen molar-refractivity contribution in [2.24, 2.45) is 35.5 Å². The van der Waals surface area contributed by atoms with Crippen molar-refractivity contribution in [2.75, 3.05) is 17.2 Å². The van der Waals surface area contributed by atoms with Crippen LogP contribution >= 0.6 is 0 Å². The molecule has 6 atom stereocenters. The second kappa shape index (κ2) is 8.19. The lowest BCUT2D eigenvalue weighted by atomic mass is 9.63. The summed E-state index contributed by atoms with van der Waals surface area (Å²) in [7, 11) is 0. The summed E-state index contributed by atoms with van der Waals surface area (Å²) in [6, 6.07) is 6.98. The van der Waals surface area contributed by atoms with Crippen molar-refractivity contribution in [3.05, 3.63) is 36.4 Å². The molecule has 168 valence electrons. The van der Waals surface area contributed by atoms with Crippen molar-refractivity contribution in [1.29, 1.82) is 0 Å². The van der Waals surface area contributed by atoms with Crippen LogP contribution in [0.1, 0.15) is 39.0 Å². The number of nitrogens with one attached hydrogen (secondary N) is 2. The minimum absolute atomic E-state index is 0.0325. The number of rotatable bonds is 8. The van der Waals surface area contributed by atoms with Gasteiger partial charge in [0.2, 0.25) is 23.6 Å². The highest BCUT2D eigenvalue weighted by molar-refractivity contribution is 6.06. The molecule has 1 aliphatic heterocycles. The highest BCUT2D eigenvalue weighted by atomic mass is 16.2. The molecule has 32 heavy (non-hydrogen) atoms. The summed E-state index contributed by atoms with van der Waals surface area (Å²) in [6.45, 7) is 1.91. The number of amides is 4. The standard InChI is InChI=1S/C25H29N3O4/c1-14(29)26-15-6-8-16(9-7-15)27-21(30)5-3-2-4-12-28-24(31)22-17-10-11-18(20-13-19(17)20)23(22)25(28)32/h6-11,17-20,22-23H,2-5,12-13H2,1H3,(H,26,29)(H,27,30). The van der Waals surface area contributed by atoms with Crippen LogP contribution in [-0.4, -0.2) is 35.1 Å². The largest absolute Gasteiger partial charge is 0.326 e. The van der Waals surface area contributed by atoms with Crippen LogP contribution in [0.25, 0.3) is 0 Å². The Morgan fingerprint density at radius 3 is 2.00 bits per heavy atom. The van der Waals surface area contributed by atoms with E-state index in [-0.39, 0.29) is 47.3 Å².